The van der Waals surface area contributed by atoms with Gasteiger partial charge in [0, 0.05) is 11.8 Å². The van der Waals surface area contributed by atoms with Crippen LogP contribution in [0.3, 0.4) is 0 Å². The first kappa shape index (κ1) is 12.2. The molecule has 1 heterocycles. The third-order valence-corrected chi connectivity index (χ3v) is 3.00. The highest BCUT2D eigenvalue weighted by molar-refractivity contribution is 9.10. The van der Waals surface area contributed by atoms with Crippen molar-refractivity contribution in [2.75, 3.05) is 0 Å². The number of aromatic nitrogens is 1. The van der Waals surface area contributed by atoms with Crippen LogP contribution in [-0.2, 0) is 0 Å². The summed E-state index contributed by atoms with van der Waals surface area (Å²) in [5.74, 6) is -1.00. The first-order chi connectivity index (χ1) is 8.09. The number of nitrogens with zero attached hydrogens (tertiary/aromatic N) is 1. The maximum absolute atomic E-state index is 13.7. The van der Waals surface area contributed by atoms with Crippen molar-refractivity contribution in [3.63, 3.8) is 0 Å². The average molecular weight is 315 g/mol. The predicted molar refractivity (Wildman–Crippen MR) is 66.8 cm³/mol. The van der Waals surface area contributed by atoms with Crippen molar-refractivity contribution in [2.45, 2.75) is 0 Å². The molecule has 0 amide bonds. The lowest BCUT2D eigenvalue weighted by atomic mass is 10.0. The summed E-state index contributed by atoms with van der Waals surface area (Å²) in [7, 11) is 0. The molecule has 86 valence electrons. The zero-order valence-corrected chi connectivity index (χ0v) is 10.8. The largest absolute Gasteiger partial charge is 0.288 e. The van der Waals surface area contributed by atoms with Gasteiger partial charge in [-0.05, 0) is 40.2 Å². The third-order valence-electron chi connectivity index (χ3n) is 2.18. The Labute approximate surface area is 111 Å². The van der Waals surface area contributed by atoms with Gasteiger partial charge >= 0.3 is 0 Å². The molecule has 0 spiro atoms. The molecule has 0 bridgehead atoms. The van der Waals surface area contributed by atoms with Gasteiger partial charge in [-0.2, -0.15) is 0 Å². The molecule has 1 aromatic carbocycles. The van der Waals surface area contributed by atoms with Crippen molar-refractivity contribution in [3.8, 4) is 0 Å². The molecule has 0 aliphatic heterocycles. The van der Waals surface area contributed by atoms with Gasteiger partial charge in [0.1, 0.15) is 11.0 Å². The summed E-state index contributed by atoms with van der Waals surface area (Å²) in [6.45, 7) is 0. The summed E-state index contributed by atoms with van der Waals surface area (Å²) >= 11 is 8.72. The normalized spacial score (nSPS) is 10.3. The Morgan fingerprint density at radius 3 is 2.82 bits per heavy atom. The van der Waals surface area contributed by atoms with E-state index in [-0.39, 0.29) is 15.2 Å². The Morgan fingerprint density at radius 1 is 1.35 bits per heavy atom. The average Bonchev–Trinajstić information content (AvgIpc) is 2.32. The van der Waals surface area contributed by atoms with Crippen LogP contribution in [0.25, 0.3) is 0 Å². The van der Waals surface area contributed by atoms with Gasteiger partial charge < -0.3 is 0 Å². The van der Waals surface area contributed by atoms with Gasteiger partial charge in [-0.15, -0.1) is 0 Å². The fourth-order valence-electron chi connectivity index (χ4n) is 1.38. The quantitative estimate of drug-likeness (QED) is 0.622. The molecule has 2 rings (SSSR count). The van der Waals surface area contributed by atoms with Crippen LogP contribution in [0.4, 0.5) is 4.39 Å². The van der Waals surface area contributed by atoms with Gasteiger partial charge in [0.2, 0.25) is 0 Å². The number of pyridine rings is 1. The van der Waals surface area contributed by atoms with Gasteiger partial charge in [0.05, 0.1) is 10.0 Å². The van der Waals surface area contributed by atoms with E-state index in [9.17, 15) is 9.18 Å². The minimum absolute atomic E-state index is 0.00152. The van der Waals surface area contributed by atoms with Crippen LogP contribution in [0.2, 0.25) is 5.15 Å². The van der Waals surface area contributed by atoms with Gasteiger partial charge in [-0.25, -0.2) is 9.37 Å². The predicted octanol–water partition coefficient (Wildman–Crippen LogP) is 3.87. The number of hydrogen-bond donors (Lipinski definition) is 0. The van der Waals surface area contributed by atoms with Gasteiger partial charge in [-0.3, -0.25) is 4.79 Å². The van der Waals surface area contributed by atoms with Crippen LogP contribution in [-0.4, -0.2) is 10.8 Å². The molecule has 0 fully saturated rings. The van der Waals surface area contributed by atoms with Gasteiger partial charge in [0.15, 0.2) is 5.78 Å². The number of carbonyl (C=O) groups excluding carboxylic acids is 1. The second kappa shape index (κ2) is 4.94. The first-order valence-electron chi connectivity index (χ1n) is 4.70. The molecular formula is C12H6BrClFNO. The highest BCUT2D eigenvalue weighted by Crippen LogP contribution is 2.21. The van der Waals surface area contributed by atoms with E-state index >= 15 is 0 Å². The maximum atomic E-state index is 13.7. The second-order valence-electron chi connectivity index (χ2n) is 3.30. The minimum atomic E-state index is -0.578. The van der Waals surface area contributed by atoms with E-state index in [4.69, 9.17) is 11.6 Å². The van der Waals surface area contributed by atoms with Crippen LogP contribution in [0.15, 0.2) is 41.0 Å². The van der Waals surface area contributed by atoms with Crippen molar-refractivity contribution in [1.82, 2.24) is 4.98 Å². The molecule has 0 aliphatic rings. The molecule has 0 atom stereocenters. The second-order valence-corrected chi connectivity index (χ2v) is 4.54. The van der Waals surface area contributed by atoms with Crippen LogP contribution in [0.1, 0.15) is 15.9 Å². The lowest BCUT2D eigenvalue weighted by Gasteiger charge is -2.04. The number of halogens is 3. The highest BCUT2D eigenvalue weighted by Gasteiger charge is 2.15. The standard InChI is InChI=1S/C12H6BrClFNO/c13-9-3-1-2-8(11(9)15)12(17)7-4-5-16-10(14)6-7/h1-6H. The maximum Gasteiger partial charge on any atom is 0.196 e. The van der Waals surface area contributed by atoms with E-state index in [2.05, 4.69) is 20.9 Å². The Hall–Kier alpha value is -1.26. The van der Waals surface area contributed by atoms with Crippen LogP contribution in [0.5, 0.6) is 0 Å². The zero-order chi connectivity index (χ0) is 12.4. The summed E-state index contributed by atoms with van der Waals surface area (Å²) in [5, 5.41) is 0.200. The zero-order valence-electron chi connectivity index (χ0n) is 8.45. The summed E-state index contributed by atoms with van der Waals surface area (Å²) < 4.78 is 14.0. The third kappa shape index (κ3) is 2.53. The Bertz CT molecular complexity index is 588. The molecule has 17 heavy (non-hydrogen) atoms. The number of rotatable bonds is 2. The highest BCUT2D eigenvalue weighted by atomic mass is 79.9. The number of benzene rings is 1. The van der Waals surface area contributed by atoms with Crippen LogP contribution >= 0.6 is 27.5 Å². The molecule has 0 unspecified atom stereocenters. The van der Waals surface area contributed by atoms with Gasteiger partial charge in [-0.1, -0.05) is 17.7 Å². The smallest absolute Gasteiger partial charge is 0.196 e. The van der Waals surface area contributed by atoms with Crippen molar-refractivity contribution in [2.24, 2.45) is 0 Å². The Balaban J connectivity index is 2.48. The number of ketones is 1. The summed E-state index contributed by atoms with van der Waals surface area (Å²) in [5.41, 5.74) is 0.309. The van der Waals surface area contributed by atoms with Crippen molar-refractivity contribution < 1.29 is 9.18 Å². The molecule has 2 aromatic rings. The lowest BCUT2D eigenvalue weighted by molar-refractivity contribution is 0.103. The molecule has 1 aromatic heterocycles. The molecule has 0 saturated heterocycles. The van der Waals surface area contributed by atoms with Crippen molar-refractivity contribution in [3.05, 3.63) is 63.1 Å². The molecule has 2 nitrogen and oxygen atoms in total. The van der Waals surface area contributed by atoms with E-state index in [0.29, 0.717) is 5.56 Å². The number of hydrogen-bond acceptors (Lipinski definition) is 2. The summed E-state index contributed by atoms with van der Waals surface area (Å²) in [6.07, 6.45) is 1.41. The SMILES string of the molecule is O=C(c1ccnc(Cl)c1)c1cccc(Br)c1F. The fourth-order valence-corrected chi connectivity index (χ4v) is 1.92. The lowest BCUT2D eigenvalue weighted by Crippen LogP contribution is -2.04. The number of carbonyl (C=O) groups is 1. The monoisotopic (exact) mass is 313 g/mol. The van der Waals surface area contributed by atoms with E-state index in [1.54, 1.807) is 6.07 Å². The molecule has 0 saturated carbocycles. The minimum Gasteiger partial charge on any atom is -0.288 e. The van der Waals surface area contributed by atoms with Crippen LogP contribution < -0.4 is 0 Å². The molecular weight excluding hydrogens is 308 g/mol. The van der Waals surface area contributed by atoms with Crippen LogP contribution in [0, 0.1) is 5.82 Å². The van der Waals surface area contributed by atoms with E-state index in [0.717, 1.165) is 0 Å². The molecule has 0 aliphatic carbocycles. The van der Waals surface area contributed by atoms with Crippen molar-refractivity contribution >= 4 is 33.3 Å². The molecule has 5 heteroatoms. The van der Waals surface area contributed by atoms with E-state index in [1.165, 1.54) is 30.5 Å². The summed E-state index contributed by atoms with van der Waals surface area (Å²) in [6, 6.07) is 7.46. The van der Waals surface area contributed by atoms with E-state index < -0.39 is 11.6 Å². The van der Waals surface area contributed by atoms with Gasteiger partial charge in [0.25, 0.3) is 0 Å². The Morgan fingerprint density at radius 2 is 2.12 bits per heavy atom. The topological polar surface area (TPSA) is 30.0 Å². The Kier molecular flexibility index (Phi) is 3.54. The fraction of sp³-hybridized carbons (Fsp3) is 0. The van der Waals surface area contributed by atoms with Crippen molar-refractivity contribution in [1.29, 1.82) is 0 Å². The summed E-state index contributed by atoms with van der Waals surface area (Å²) in [4.78, 5) is 15.8. The molecule has 0 N–H and O–H groups in total. The van der Waals surface area contributed by atoms with E-state index in [1.807, 2.05) is 0 Å². The molecule has 0 radical (unpaired) electrons. The first-order valence-corrected chi connectivity index (χ1v) is 5.87.